The molecule has 3 heteroatoms. The van der Waals surface area contributed by atoms with E-state index in [1.807, 2.05) is 24.3 Å². The first kappa shape index (κ1) is 18.1. The summed E-state index contributed by atoms with van der Waals surface area (Å²) >= 11 is 0. The van der Waals surface area contributed by atoms with Gasteiger partial charge < -0.3 is 5.11 Å². The summed E-state index contributed by atoms with van der Waals surface area (Å²) in [6, 6.07) is 25.4. The summed E-state index contributed by atoms with van der Waals surface area (Å²) in [5.74, 6) is -0.638. The molecule has 1 aromatic heterocycles. The maximum Gasteiger partial charge on any atom is 0.337 e. The highest BCUT2D eigenvalue weighted by molar-refractivity contribution is 6.09. The van der Waals surface area contributed by atoms with Gasteiger partial charge in [-0.3, -0.25) is 4.98 Å². The molecule has 1 aliphatic carbocycles. The van der Waals surface area contributed by atoms with Crippen molar-refractivity contribution in [3.05, 3.63) is 101 Å². The molecule has 1 aliphatic rings. The highest BCUT2D eigenvalue weighted by Gasteiger charge is 2.25. The maximum atomic E-state index is 11.6. The third-order valence-electron chi connectivity index (χ3n) is 6.79. The number of aromatic nitrogens is 1. The first-order chi connectivity index (χ1) is 15.2. The molecule has 1 heterocycles. The number of aryl methyl sites for hydroxylation is 1. The summed E-state index contributed by atoms with van der Waals surface area (Å²) in [5.41, 5.74) is 4.12. The highest BCUT2D eigenvalue weighted by Crippen LogP contribution is 2.39. The number of pyridine rings is 1. The lowest BCUT2D eigenvalue weighted by molar-refractivity contribution is 0.0698. The average molecular weight is 403 g/mol. The molecule has 31 heavy (non-hydrogen) atoms. The van der Waals surface area contributed by atoms with Crippen LogP contribution in [0.1, 0.15) is 39.5 Å². The molecule has 0 saturated carbocycles. The molecule has 6 rings (SSSR count). The van der Waals surface area contributed by atoms with Crippen LogP contribution in [-0.4, -0.2) is 16.1 Å². The fourth-order valence-corrected chi connectivity index (χ4v) is 5.31. The Labute approximate surface area is 180 Å². The Balaban J connectivity index is 1.46. The number of carboxylic acids is 1. The Kier molecular flexibility index (Phi) is 4.03. The molecule has 1 atom stereocenters. The van der Waals surface area contributed by atoms with Crippen molar-refractivity contribution in [1.29, 1.82) is 0 Å². The van der Waals surface area contributed by atoms with Crippen molar-refractivity contribution in [3.8, 4) is 0 Å². The van der Waals surface area contributed by atoms with E-state index in [1.165, 1.54) is 38.9 Å². The highest BCUT2D eigenvalue weighted by atomic mass is 16.4. The van der Waals surface area contributed by atoms with Crippen LogP contribution in [-0.2, 0) is 12.8 Å². The Morgan fingerprint density at radius 2 is 1.55 bits per heavy atom. The lowest BCUT2D eigenvalue weighted by Gasteiger charge is -2.27. The smallest absolute Gasteiger partial charge is 0.337 e. The van der Waals surface area contributed by atoms with Crippen molar-refractivity contribution in [2.45, 2.75) is 25.2 Å². The zero-order valence-corrected chi connectivity index (χ0v) is 17.0. The first-order valence-electron chi connectivity index (χ1n) is 10.7. The van der Waals surface area contributed by atoms with Crippen LogP contribution >= 0.6 is 0 Å². The molecule has 150 valence electrons. The minimum Gasteiger partial charge on any atom is -0.478 e. The van der Waals surface area contributed by atoms with Gasteiger partial charge in [0, 0.05) is 17.5 Å². The van der Waals surface area contributed by atoms with Gasteiger partial charge in [0.1, 0.15) is 0 Å². The van der Waals surface area contributed by atoms with Crippen molar-refractivity contribution in [2.24, 2.45) is 0 Å². The van der Waals surface area contributed by atoms with Crippen LogP contribution in [0.4, 0.5) is 0 Å². The summed E-state index contributed by atoms with van der Waals surface area (Å²) in [5, 5.41) is 16.5. The van der Waals surface area contributed by atoms with Crippen molar-refractivity contribution in [3.63, 3.8) is 0 Å². The maximum absolute atomic E-state index is 11.6. The summed E-state index contributed by atoms with van der Waals surface area (Å²) in [6.07, 6.45) is 4.48. The minimum absolute atomic E-state index is 0.272. The van der Waals surface area contributed by atoms with E-state index in [9.17, 15) is 9.90 Å². The summed E-state index contributed by atoms with van der Waals surface area (Å²) in [6.45, 7) is 0. The van der Waals surface area contributed by atoms with Gasteiger partial charge >= 0.3 is 5.97 Å². The number of hydrogen-bond donors (Lipinski definition) is 1. The van der Waals surface area contributed by atoms with E-state index in [2.05, 4.69) is 53.5 Å². The number of aromatic carboxylic acids is 1. The largest absolute Gasteiger partial charge is 0.478 e. The van der Waals surface area contributed by atoms with Crippen LogP contribution < -0.4 is 0 Å². The number of benzene rings is 4. The van der Waals surface area contributed by atoms with E-state index in [4.69, 9.17) is 0 Å². The Morgan fingerprint density at radius 1 is 0.806 bits per heavy atom. The normalized spacial score (nSPS) is 15.9. The third-order valence-corrected chi connectivity index (χ3v) is 6.79. The van der Waals surface area contributed by atoms with Crippen LogP contribution in [0.15, 0.2) is 79.0 Å². The molecule has 0 aliphatic heterocycles. The molecular weight excluding hydrogens is 382 g/mol. The van der Waals surface area contributed by atoms with Crippen molar-refractivity contribution >= 4 is 38.3 Å². The van der Waals surface area contributed by atoms with Gasteiger partial charge in [0.2, 0.25) is 0 Å². The van der Waals surface area contributed by atoms with Crippen molar-refractivity contribution in [2.75, 3.05) is 0 Å². The molecule has 1 unspecified atom stereocenters. The number of carbonyl (C=O) groups is 1. The second-order valence-electron chi connectivity index (χ2n) is 8.43. The van der Waals surface area contributed by atoms with E-state index in [0.717, 1.165) is 35.7 Å². The molecule has 4 aromatic carbocycles. The summed E-state index contributed by atoms with van der Waals surface area (Å²) in [4.78, 5) is 16.3. The lowest BCUT2D eigenvalue weighted by atomic mass is 9.78. The van der Waals surface area contributed by atoms with E-state index in [0.29, 0.717) is 0 Å². The van der Waals surface area contributed by atoms with Gasteiger partial charge in [-0.05, 0) is 57.3 Å². The monoisotopic (exact) mass is 403 g/mol. The molecule has 0 saturated heterocycles. The quantitative estimate of drug-likeness (QED) is 0.342. The zero-order valence-electron chi connectivity index (χ0n) is 17.0. The fourth-order valence-electron chi connectivity index (χ4n) is 5.31. The molecule has 0 fully saturated rings. The SMILES string of the molecule is O=C(O)c1cnc(C2CCc3c(ccc4c3ccc3ccccc34)C2)c2ccccc12. The average Bonchev–Trinajstić information content (AvgIpc) is 2.82. The number of hydrogen-bond acceptors (Lipinski definition) is 2. The van der Waals surface area contributed by atoms with Crippen LogP contribution in [0.5, 0.6) is 0 Å². The fraction of sp³-hybridized carbons (Fsp3) is 0.143. The van der Waals surface area contributed by atoms with Crippen LogP contribution in [0, 0.1) is 0 Å². The predicted octanol–water partition coefficient (Wildman–Crippen LogP) is 6.51. The number of carboxylic acid groups (broad SMARTS) is 1. The number of rotatable bonds is 2. The van der Waals surface area contributed by atoms with Crippen LogP contribution in [0.2, 0.25) is 0 Å². The van der Waals surface area contributed by atoms with Crippen molar-refractivity contribution in [1.82, 2.24) is 4.98 Å². The molecule has 1 N–H and O–H groups in total. The van der Waals surface area contributed by atoms with Gasteiger partial charge in [-0.2, -0.15) is 0 Å². The van der Waals surface area contributed by atoms with Gasteiger partial charge in [-0.25, -0.2) is 4.79 Å². The number of nitrogens with zero attached hydrogens (tertiary/aromatic N) is 1. The van der Waals surface area contributed by atoms with Gasteiger partial charge in [0.25, 0.3) is 0 Å². The lowest BCUT2D eigenvalue weighted by Crippen LogP contribution is -2.15. The molecular formula is C28H21NO2. The molecule has 0 amide bonds. The molecule has 3 nitrogen and oxygen atoms in total. The minimum atomic E-state index is -0.928. The second-order valence-corrected chi connectivity index (χ2v) is 8.43. The van der Waals surface area contributed by atoms with E-state index >= 15 is 0 Å². The molecule has 0 bridgehead atoms. The molecule has 0 spiro atoms. The van der Waals surface area contributed by atoms with Gasteiger partial charge in [-0.1, -0.05) is 72.8 Å². The Morgan fingerprint density at radius 3 is 2.39 bits per heavy atom. The van der Waals surface area contributed by atoms with E-state index in [1.54, 1.807) is 0 Å². The topological polar surface area (TPSA) is 50.2 Å². The summed E-state index contributed by atoms with van der Waals surface area (Å²) in [7, 11) is 0. The predicted molar refractivity (Wildman–Crippen MR) is 125 cm³/mol. The van der Waals surface area contributed by atoms with Crippen molar-refractivity contribution < 1.29 is 9.90 Å². The first-order valence-corrected chi connectivity index (χ1v) is 10.7. The van der Waals surface area contributed by atoms with Crippen LogP contribution in [0.3, 0.4) is 0 Å². The van der Waals surface area contributed by atoms with Gasteiger partial charge in [0.15, 0.2) is 0 Å². The Hall–Kier alpha value is -3.72. The second kappa shape index (κ2) is 6.92. The van der Waals surface area contributed by atoms with Crippen LogP contribution in [0.25, 0.3) is 32.3 Å². The molecule has 5 aromatic rings. The third kappa shape index (κ3) is 2.81. The summed E-state index contributed by atoms with van der Waals surface area (Å²) < 4.78 is 0. The Bertz CT molecular complexity index is 1500. The van der Waals surface area contributed by atoms with E-state index < -0.39 is 5.97 Å². The standard InChI is InChI=1S/C28H21NO2/c30-28(31)26-16-29-27(25-8-4-3-7-22(25)26)19-11-12-21-18(15-19)10-14-23-20-6-2-1-5-17(20)9-13-24(21)23/h1-10,13-14,16,19H,11-12,15H2,(H,30,31). The van der Waals surface area contributed by atoms with Gasteiger partial charge in [0.05, 0.1) is 11.3 Å². The zero-order chi connectivity index (χ0) is 20.9. The van der Waals surface area contributed by atoms with E-state index in [-0.39, 0.29) is 11.5 Å². The number of fused-ring (bicyclic) bond motifs is 6. The molecule has 0 radical (unpaired) electrons. The van der Waals surface area contributed by atoms with Gasteiger partial charge in [-0.15, -0.1) is 0 Å².